The van der Waals surface area contributed by atoms with Crippen molar-refractivity contribution in [3.63, 3.8) is 0 Å². The number of amides is 1. The van der Waals surface area contributed by atoms with E-state index >= 15 is 0 Å². The normalized spacial score (nSPS) is 12.0. The zero-order chi connectivity index (χ0) is 17.5. The third kappa shape index (κ3) is 4.73. The van der Waals surface area contributed by atoms with Crippen LogP contribution in [-0.2, 0) is 12.3 Å². The summed E-state index contributed by atoms with van der Waals surface area (Å²) in [5, 5.41) is 7.18. The van der Waals surface area contributed by atoms with Gasteiger partial charge in [-0.25, -0.2) is 4.98 Å². The van der Waals surface area contributed by atoms with Crippen LogP contribution in [0.3, 0.4) is 0 Å². The first-order valence-corrected chi connectivity index (χ1v) is 9.41. The van der Waals surface area contributed by atoms with Gasteiger partial charge in [0.05, 0.1) is 11.8 Å². The highest BCUT2D eigenvalue weighted by Crippen LogP contribution is 2.19. The molecular formula is C18H20N4O2S. The minimum atomic E-state index is -0.209. The second-order valence-corrected chi connectivity index (χ2v) is 6.45. The summed E-state index contributed by atoms with van der Waals surface area (Å²) >= 11 is 1.66. The lowest BCUT2D eigenvalue weighted by molar-refractivity contribution is 0.0904. The second-order valence-electron chi connectivity index (χ2n) is 5.58. The number of aromatic nitrogens is 3. The van der Waals surface area contributed by atoms with E-state index < -0.39 is 0 Å². The van der Waals surface area contributed by atoms with E-state index in [1.54, 1.807) is 28.8 Å². The lowest BCUT2D eigenvalue weighted by atomic mass is 10.0. The van der Waals surface area contributed by atoms with Gasteiger partial charge < -0.3 is 9.73 Å². The number of aryl methyl sites for hydroxylation is 1. The minimum Gasteiger partial charge on any atom is -0.455 e. The van der Waals surface area contributed by atoms with Crippen molar-refractivity contribution >= 4 is 17.7 Å². The van der Waals surface area contributed by atoms with Crippen LogP contribution in [0.5, 0.6) is 0 Å². The standard InChI is InChI=1S/C18H20N4O2S/c1-25-11-15-7-8-17(24-15)18(23)21-16(14-5-3-2-4-6-14)9-10-22-13-19-12-20-22/h2-8,12-13,16H,9-11H2,1H3,(H,21,23). The largest absolute Gasteiger partial charge is 0.455 e. The number of carbonyl (C=O) groups is 1. The van der Waals surface area contributed by atoms with Gasteiger partial charge in [0.15, 0.2) is 5.76 Å². The van der Waals surface area contributed by atoms with Crippen LogP contribution < -0.4 is 5.32 Å². The van der Waals surface area contributed by atoms with Crippen molar-refractivity contribution in [1.29, 1.82) is 0 Å². The van der Waals surface area contributed by atoms with Crippen molar-refractivity contribution in [2.45, 2.75) is 24.8 Å². The summed E-state index contributed by atoms with van der Waals surface area (Å²) in [6.07, 6.45) is 5.88. The fourth-order valence-corrected chi connectivity index (χ4v) is 3.01. The summed E-state index contributed by atoms with van der Waals surface area (Å²) < 4.78 is 7.37. The van der Waals surface area contributed by atoms with E-state index in [0.29, 0.717) is 18.7 Å². The molecule has 0 bridgehead atoms. The molecule has 1 amide bonds. The van der Waals surface area contributed by atoms with E-state index in [1.807, 2.05) is 42.7 Å². The second kappa shape index (κ2) is 8.53. The highest BCUT2D eigenvalue weighted by molar-refractivity contribution is 7.97. The SMILES string of the molecule is CSCc1ccc(C(=O)NC(CCn2cncn2)c2ccccc2)o1. The maximum absolute atomic E-state index is 12.6. The van der Waals surface area contributed by atoms with Crippen molar-refractivity contribution in [1.82, 2.24) is 20.1 Å². The maximum atomic E-state index is 12.6. The van der Waals surface area contributed by atoms with E-state index in [-0.39, 0.29) is 11.9 Å². The molecule has 1 N–H and O–H groups in total. The van der Waals surface area contributed by atoms with Gasteiger partial charge in [-0.05, 0) is 30.4 Å². The molecule has 0 saturated carbocycles. The zero-order valence-corrected chi connectivity index (χ0v) is 14.8. The molecule has 3 rings (SSSR count). The predicted octanol–water partition coefficient (Wildman–Crippen LogP) is 3.30. The Hall–Kier alpha value is -2.54. The highest BCUT2D eigenvalue weighted by Gasteiger charge is 2.18. The van der Waals surface area contributed by atoms with E-state index in [0.717, 1.165) is 17.1 Å². The average molecular weight is 356 g/mol. The number of hydrogen-bond donors (Lipinski definition) is 1. The smallest absolute Gasteiger partial charge is 0.287 e. The summed E-state index contributed by atoms with van der Waals surface area (Å²) in [6, 6.07) is 13.3. The van der Waals surface area contributed by atoms with Gasteiger partial charge in [-0.3, -0.25) is 9.48 Å². The van der Waals surface area contributed by atoms with Crippen molar-refractivity contribution in [3.05, 3.63) is 72.2 Å². The van der Waals surface area contributed by atoms with Crippen LogP contribution in [0.2, 0.25) is 0 Å². The molecule has 6 nitrogen and oxygen atoms in total. The fraction of sp³-hybridized carbons (Fsp3) is 0.278. The molecular weight excluding hydrogens is 336 g/mol. The Labute approximate surface area is 150 Å². The van der Waals surface area contributed by atoms with Crippen molar-refractivity contribution in [2.24, 2.45) is 0 Å². The third-order valence-corrected chi connectivity index (χ3v) is 4.37. The van der Waals surface area contributed by atoms with Gasteiger partial charge in [-0.15, -0.1) is 0 Å². The van der Waals surface area contributed by atoms with Crippen LogP contribution in [0.15, 0.2) is 59.5 Å². The number of furan rings is 1. The first kappa shape index (κ1) is 17.3. The van der Waals surface area contributed by atoms with Crippen LogP contribution in [0, 0.1) is 0 Å². The Morgan fingerprint density at radius 1 is 1.28 bits per heavy atom. The topological polar surface area (TPSA) is 73.0 Å². The summed E-state index contributed by atoms with van der Waals surface area (Å²) in [7, 11) is 0. The molecule has 0 spiro atoms. The Kier molecular flexibility index (Phi) is 5.90. The molecule has 0 aliphatic rings. The summed E-state index contributed by atoms with van der Waals surface area (Å²) in [5.74, 6) is 1.68. The van der Waals surface area contributed by atoms with Gasteiger partial charge in [0.2, 0.25) is 0 Å². The molecule has 25 heavy (non-hydrogen) atoms. The zero-order valence-electron chi connectivity index (χ0n) is 14.0. The van der Waals surface area contributed by atoms with Gasteiger partial charge in [0, 0.05) is 6.54 Å². The van der Waals surface area contributed by atoms with Crippen molar-refractivity contribution in [3.8, 4) is 0 Å². The third-order valence-electron chi connectivity index (χ3n) is 3.79. The van der Waals surface area contributed by atoms with Gasteiger partial charge in [0.25, 0.3) is 5.91 Å². The molecule has 3 aromatic rings. The molecule has 0 aliphatic carbocycles. The molecule has 7 heteroatoms. The number of benzene rings is 1. The van der Waals surface area contributed by atoms with E-state index in [9.17, 15) is 4.79 Å². The number of rotatable bonds is 8. The van der Waals surface area contributed by atoms with E-state index in [4.69, 9.17) is 4.42 Å². The van der Waals surface area contributed by atoms with Gasteiger partial charge >= 0.3 is 0 Å². The monoisotopic (exact) mass is 356 g/mol. The van der Waals surface area contributed by atoms with E-state index in [1.165, 1.54) is 6.33 Å². The van der Waals surface area contributed by atoms with Crippen molar-refractivity contribution in [2.75, 3.05) is 6.26 Å². The van der Waals surface area contributed by atoms with Crippen LogP contribution in [0.4, 0.5) is 0 Å². The van der Waals surface area contributed by atoms with Crippen molar-refractivity contribution < 1.29 is 9.21 Å². The van der Waals surface area contributed by atoms with Crippen LogP contribution >= 0.6 is 11.8 Å². The number of carbonyl (C=O) groups excluding carboxylic acids is 1. The van der Waals surface area contributed by atoms with Gasteiger partial charge in [0.1, 0.15) is 18.4 Å². The lowest BCUT2D eigenvalue weighted by Crippen LogP contribution is -2.29. The lowest BCUT2D eigenvalue weighted by Gasteiger charge is -2.18. The highest BCUT2D eigenvalue weighted by atomic mass is 32.2. The summed E-state index contributed by atoms with van der Waals surface area (Å²) in [5.41, 5.74) is 1.05. The number of hydrogen-bond acceptors (Lipinski definition) is 5. The van der Waals surface area contributed by atoms with Gasteiger partial charge in [-0.1, -0.05) is 30.3 Å². The Morgan fingerprint density at radius 2 is 2.12 bits per heavy atom. The Morgan fingerprint density at radius 3 is 2.84 bits per heavy atom. The average Bonchev–Trinajstić information content (AvgIpc) is 3.31. The molecule has 2 aromatic heterocycles. The van der Waals surface area contributed by atoms with Gasteiger partial charge in [-0.2, -0.15) is 16.9 Å². The molecule has 0 fully saturated rings. The summed E-state index contributed by atoms with van der Waals surface area (Å²) in [6.45, 7) is 0.662. The molecule has 130 valence electrons. The van der Waals surface area contributed by atoms with Crippen LogP contribution in [0.25, 0.3) is 0 Å². The first-order chi connectivity index (χ1) is 12.3. The number of nitrogens with one attached hydrogen (secondary N) is 1. The minimum absolute atomic E-state index is 0.132. The predicted molar refractivity (Wildman–Crippen MR) is 97.2 cm³/mol. The Bertz CT molecular complexity index is 787. The fourth-order valence-electron chi connectivity index (χ4n) is 2.57. The first-order valence-electron chi connectivity index (χ1n) is 8.02. The molecule has 1 atom stereocenters. The molecule has 0 aliphatic heterocycles. The quantitative estimate of drug-likeness (QED) is 0.670. The molecule has 2 heterocycles. The molecule has 0 saturated heterocycles. The van der Waals surface area contributed by atoms with Crippen LogP contribution in [0.1, 0.15) is 34.3 Å². The molecule has 1 aromatic carbocycles. The summed E-state index contributed by atoms with van der Waals surface area (Å²) in [4.78, 5) is 16.5. The van der Waals surface area contributed by atoms with E-state index in [2.05, 4.69) is 15.4 Å². The molecule has 1 unspecified atom stereocenters. The number of nitrogens with zero attached hydrogens (tertiary/aromatic N) is 3. The van der Waals surface area contributed by atoms with Crippen LogP contribution in [-0.4, -0.2) is 26.9 Å². The maximum Gasteiger partial charge on any atom is 0.287 e. The number of thioether (sulfide) groups is 1. The Balaban J connectivity index is 1.70. The molecule has 0 radical (unpaired) electrons.